The Labute approximate surface area is 207 Å². The summed E-state index contributed by atoms with van der Waals surface area (Å²) in [6, 6.07) is 40.9. The highest BCUT2D eigenvalue weighted by Crippen LogP contribution is 2.44. The molecule has 2 aromatic heterocycles. The Kier molecular flexibility index (Phi) is 3.97. The molecule has 0 saturated carbocycles. The molecule has 0 aliphatic carbocycles. The Morgan fingerprint density at radius 2 is 1.00 bits per heavy atom. The predicted molar refractivity (Wildman–Crippen MR) is 149 cm³/mol. The summed E-state index contributed by atoms with van der Waals surface area (Å²) >= 11 is 0. The van der Waals surface area contributed by atoms with Gasteiger partial charge < -0.3 is 8.83 Å². The van der Waals surface area contributed by atoms with Crippen molar-refractivity contribution in [3.63, 3.8) is 0 Å². The van der Waals surface area contributed by atoms with Gasteiger partial charge in [-0.2, -0.15) is 0 Å². The molecule has 0 aliphatic rings. The first-order valence-electron chi connectivity index (χ1n) is 12.2. The molecule has 8 rings (SSSR count). The standard InChI is InChI=1S/C34H20O2/c1-2-8-21(9-3-1)33-24-10-4-6-12-26(24)34(27-13-7-5-11-25(27)33)23-14-15-30-28(19-23)29-18-22-16-17-35-31(22)20-32(29)36-30/h1-20H. The van der Waals surface area contributed by atoms with Crippen molar-refractivity contribution < 1.29 is 8.83 Å². The van der Waals surface area contributed by atoms with Crippen molar-refractivity contribution >= 4 is 54.5 Å². The van der Waals surface area contributed by atoms with Crippen LogP contribution in [0, 0.1) is 0 Å². The quantitative estimate of drug-likeness (QED) is 0.240. The van der Waals surface area contributed by atoms with Gasteiger partial charge >= 0.3 is 0 Å². The van der Waals surface area contributed by atoms with E-state index in [1.807, 2.05) is 12.1 Å². The molecule has 2 heterocycles. The summed E-state index contributed by atoms with van der Waals surface area (Å²) < 4.78 is 11.8. The molecular formula is C34H20O2. The SMILES string of the molecule is c1ccc(-c2c3ccccc3c(-c3ccc4oc5cc6occc6cc5c4c3)c3ccccc23)cc1. The molecule has 0 atom stereocenters. The minimum atomic E-state index is 0.843. The van der Waals surface area contributed by atoms with Gasteiger partial charge in [-0.3, -0.25) is 0 Å². The molecule has 0 spiro atoms. The first kappa shape index (κ1) is 19.5. The molecule has 0 fully saturated rings. The fourth-order valence-electron chi connectivity index (χ4n) is 5.74. The lowest BCUT2D eigenvalue weighted by Gasteiger charge is -2.17. The zero-order chi connectivity index (χ0) is 23.6. The van der Waals surface area contributed by atoms with Gasteiger partial charge in [0, 0.05) is 22.2 Å². The highest BCUT2D eigenvalue weighted by Gasteiger charge is 2.18. The third-order valence-corrected chi connectivity index (χ3v) is 7.33. The van der Waals surface area contributed by atoms with Crippen LogP contribution < -0.4 is 0 Å². The third-order valence-electron chi connectivity index (χ3n) is 7.33. The van der Waals surface area contributed by atoms with Gasteiger partial charge in [-0.15, -0.1) is 0 Å². The van der Waals surface area contributed by atoms with E-state index >= 15 is 0 Å². The number of benzene rings is 6. The Balaban J connectivity index is 1.49. The van der Waals surface area contributed by atoms with E-state index in [1.165, 1.54) is 43.8 Å². The van der Waals surface area contributed by atoms with E-state index in [9.17, 15) is 0 Å². The molecule has 0 radical (unpaired) electrons. The minimum absolute atomic E-state index is 0.843. The first-order chi connectivity index (χ1) is 17.8. The monoisotopic (exact) mass is 460 g/mol. The predicted octanol–water partition coefficient (Wildman–Crippen LogP) is 9.97. The fourth-order valence-corrected chi connectivity index (χ4v) is 5.74. The van der Waals surface area contributed by atoms with Gasteiger partial charge in [0.1, 0.15) is 16.7 Å². The molecule has 36 heavy (non-hydrogen) atoms. The summed E-state index contributed by atoms with van der Waals surface area (Å²) in [5.74, 6) is 0. The van der Waals surface area contributed by atoms with Crippen molar-refractivity contribution in [2.24, 2.45) is 0 Å². The largest absolute Gasteiger partial charge is 0.464 e. The molecule has 168 valence electrons. The Morgan fingerprint density at radius 1 is 0.389 bits per heavy atom. The molecule has 0 bridgehead atoms. The maximum atomic E-state index is 6.21. The van der Waals surface area contributed by atoms with Gasteiger partial charge in [-0.05, 0) is 68.1 Å². The van der Waals surface area contributed by atoms with Crippen LogP contribution in [-0.2, 0) is 0 Å². The van der Waals surface area contributed by atoms with Crippen molar-refractivity contribution in [1.82, 2.24) is 0 Å². The zero-order valence-corrected chi connectivity index (χ0v) is 19.4. The molecule has 0 N–H and O–H groups in total. The van der Waals surface area contributed by atoms with Crippen LogP contribution in [0.3, 0.4) is 0 Å². The van der Waals surface area contributed by atoms with Crippen LogP contribution in [0.25, 0.3) is 76.7 Å². The van der Waals surface area contributed by atoms with E-state index in [1.54, 1.807) is 6.26 Å². The second-order valence-corrected chi connectivity index (χ2v) is 9.33. The summed E-state index contributed by atoms with van der Waals surface area (Å²) in [6.45, 7) is 0. The van der Waals surface area contributed by atoms with Gasteiger partial charge in [-0.25, -0.2) is 0 Å². The second-order valence-electron chi connectivity index (χ2n) is 9.33. The molecule has 0 aliphatic heterocycles. The molecular weight excluding hydrogens is 440 g/mol. The van der Waals surface area contributed by atoms with Gasteiger partial charge in [-0.1, -0.05) is 84.9 Å². The minimum Gasteiger partial charge on any atom is -0.464 e. The summed E-state index contributed by atoms with van der Waals surface area (Å²) in [7, 11) is 0. The van der Waals surface area contributed by atoms with E-state index < -0.39 is 0 Å². The Hall–Kier alpha value is -4.82. The fraction of sp³-hybridized carbons (Fsp3) is 0. The topological polar surface area (TPSA) is 26.3 Å². The molecule has 8 aromatic rings. The first-order valence-corrected chi connectivity index (χ1v) is 12.2. The van der Waals surface area contributed by atoms with Crippen molar-refractivity contribution in [2.45, 2.75) is 0 Å². The smallest absolute Gasteiger partial charge is 0.139 e. The third kappa shape index (κ3) is 2.73. The highest BCUT2D eigenvalue weighted by molar-refractivity contribution is 6.22. The maximum absolute atomic E-state index is 6.21. The van der Waals surface area contributed by atoms with Crippen molar-refractivity contribution in [3.8, 4) is 22.3 Å². The molecule has 2 heteroatoms. The number of rotatable bonds is 2. The molecule has 0 unspecified atom stereocenters. The van der Waals surface area contributed by atoms with Crippen LogP contribution in [0.2, 0.25) is 0 Å². The average molecular weight is 461 g/mol. The lowest BCUT2D eigenvalue weighted by atomic mass is 9.86. The van der Waals surface area contributed by atoms with Crippen molar-refractivity contribution in [3.05, 3.63) is 122 Å². The second kappa shape index (κ2) is 7.34. The normalized spacial score (nSPS) is 11.9. The van der Waals surface area contributed by atoms with Gasteiger partial charge in [0.15, 0.2) is 0 Å². The van der Waals surface area contributed by atoms with Crippen molar-refractivity contribution in [2.75, 3.05) is 0 Å². The molecule has 0 saturated heterocycles. The van der Waals surface area contributed by atoms with Gasteiger partial charge in [0.25, 0.3) is 0 Å². The van der Waals surface area contributed by atoms with E-state index in [4.69, 9.17) is 8.83 Å². The molecule has 6 aromatic carbocycles. The lowest BCUT2D eigenvalue weighted by Crippen LogP contribution is -1.90. The van der Waals surface area contributed by atoms with Crippen LogP contribution in [-0.4, -0.2) is 0 Å². The number of hydrogen-bond acceptors (Lipinski definition) is 2. The summed E-state index contributed by atoms with van der Waals surface area (Å²) in [6.07, 6.45) is 1.73. The summed E-state index contributed by atoms with van der Waals surface area (Å²) in [5.41, 5.74) is 7.52. The van der Waals surface area contributed by atoms with E-state index in [0.717, 1.165) is 32.9 Å². The number of hydrogen-bond donors (Lipinski definition) is 0. The number of fused-ring (bicyclic) bond motifs is 6. The summed E-state index contributed by atoms with van der Waals surface area (Å²) in [4.78, 5) is 0. The van der Waals surface area contributed by atoms with Crippen LogP contribution in [0.15, 0.2) is 130 Å². The highest BCUT2D eigenvalue weighted by atomic mass is 16.3. The van der Waals surface area contributed by atoms with Crippen LogP contribution >= 0.6 is 0 Å². The van der Waals surface area contributed by atoms with E-state index in [-0.39, 0.29) is 0 Å². The van der Waals surface area contributed by atoms with Gasteiger partial charge in [0.2, 0.25) is 0 Å². The van der Waals surface area contributed by atoms with Crippen LogP contribution in [0.5, 0.6) is 0 Å². The zero-order valence-electron chi connectivity index (χ0n) is 19.4. The average Bonchev–Trinajstić information content (AvgIpc) is 3.54. The summed E-state index contributed by atoms with van der Waals surface area (Å²) in [5, 5.41) is 8.32. The molecule has 2 nitrogen and oxygen atoms in total. The lowest BCUT2D eigenvalue weighted by molar-refractivity contribution is 0.613. The van der Waals surface area contributed by atoms with Gasteiger partial charge in [0.05, 0.1) is 6.26 Å². The molecule has 0 amide bonds. The Morgan fingerprint density at radius 3 is 1.69 bits per heavy atom. The van der Waals surface area contributed by atoms with E-state index in [2.05, 4.69) is 103 Å². The number of furan rings is 2. The van der Waals surface area contributed by atoms with Crippen LogP contribution in [0.1, 0.15) is 0 Å². The Bertz CT molecular complexity index is 2030. The van der Waals surface area contributed by atoms with Crippen molar-refractivity contribution in [1.29, 1.82) is 0 Å². The van der Waals surface area contributed by atoms with Crippen LogP contribution in [0.4, 0.5) is 0 Å². The van der Waals surface area contributed by atoms with E-state index in [0.29, 0.717) is 0 Å². The maximum Gasteiger partial charge on any atom is 0.139 e.